The number of anilines is 6. The summed E-state index contributed by atoms with van der Waals surface area (Å²) in [6.45, 7) is 15.5. The van der Waals surface area contributed by atoms with Crippen LogP contribution in [-0.4, -0.2) is 135 Å². The fourth-order valence-corrected chi connectivity index (χ4v) is 8.86. The number of ketones is 1. The van der Waals surface area contributed by atoms with E-state index in [0.29, 0.717) is 49.7 Å². The van der Waals surface area contributed by atoms with Gasteiger partial charge in [0, 0.05) is 91.9 Å². The molecule has 0 fully saturated rings. The zero-order chi connectivity index (χ0) is 71.0. The van der Waals surface area contributed by atoms with Crippen molar-refractivity contribution in [3.8, 4) is 17.2 Å². The number of hydrogen-bond acceptors (Lipinski definition) is 27. The van der Waals surface area contributed by atoms with E-state index < -0.39 is 11.9 Å². The summed E-state index contributed by atoms with van der Waals surface area (Å²) in [5.74, 6) is 9.27. The first-order valence-electron chi connectivity index (χ1n) is 30.5. The molecule has 0 spiro atoms. The van der Waals surface area contributed by atoms with Crippen molar-refractivity contribution in [3.63, 3.8) is 0 Å². The summed E-state index contributed by atoms with van der Waals surface area (Å²) in [5, 5.41) is 48.6. The molecule has 26 N–H and O–H groups in total. The number of aryl methyl sites for hydroxylation is 3. The number of rotatable bonds is 31. The third-order valence-corrected chi connectivity index (χ3v) is 14.4. The normalized spacial score (nSPS) is 10.2. The maximum Gasteiger partial charge on any atom is 0.325 e. The fourth-order valence-electron chi connectivity index (χ4n) is 8.86. The van der Waals surface area contributed by atoms with Gasteiger partial charge in [0.15, 0.2) is 0 Å². The van der Waals surface area contributed by atoms with Crippen LogP contribution in [-0.2, 0) is 52.9 Å². The van der Waals surface area contributed by atoms with Gasteiger partial charge >= 0.3 is 11.9 Å². The molecule has 6 aromatic rings. The lowest BCUT2D eigenvalue weighted by Crippen LogP contribution is -2.32. The number of carboxylic acid groups (broad SMARTS) is 2. The summed E-state index contributed by atoms with van der Waals surface area (Å²) < 4.78 is 16.6. The quantitative estimate of drug-likeness (QED) is 0.00366. The van der Waals surface area contributed by atoms with Crippen LogP contribution < -0.4 is 76.7 Å². The van der Waals surface area contributed by atoms with Crippen molar-refractivity contribution < 1.29 is 38.8 Å². The van der Waals surface area contributed by atoms with Gasteiger partial charge in [-0.2, -0.15) is 15.0 Å². The average molecular weight is 1410 g/mol. The van der Waals surface area contributed by atoms with E-state index in [2.05, 4.69) is 109 Å². The number of hydrazine groups is 1. The molecule has 33 heteroatoms. The number of alkyl halides is 1. The molecule has 0 unspecified atom stereocenters. The van der Waals surface area contributed by atoms with E-state index in [1.165, 1.54) is 6.92 Å². The number of unbranched alkanes of at least 4 members (excludes halogenated alkanes) is 3. The molecule has 0 bridgehead atoms. The number of nitrogen functional groups attached to an aromatic ring is 3. The van der Waals surface area contributed by atoms with Gasteiger partial charge in [-0.25, -0.2) is 31.9 Å². The zero-order valence-electron chi connectivity index (χ0n) is 57.5. The van der Waals surface area contributed by atoms with Crippen molar-refractivity contribution in [2.75, 3.05) is 92.5 Å². The molecule has 0 aliphatic rings. The summed E-state index contributed by atoms with van der Waals surface area (Å²) in [6, 6.07) is 17.2. The van der Waals surface area contributed by atoms with Crippen molar-refractivity contribution in [1.82, 2.24) is 47.6 Å². The summed E-state index contributed by atoms with van der Waals surface area (Å²) in [7, 11) is 4.88. The lowest BCUT2D eigenvalue weighted by atomic mass is 9.99. The van der Waals surface area contributed by atoms with Crippen LogP contribution in [0.3, 0.4) is 0 Å². The number of nitrogens with one attached hydrogen (secondary N) is 8. The Kier molecular flexibility index (Phi) is 42.9. The van der Waals surface area contributed by atoms with E-state index in [4.69, 9.17) is 69.3 Å². The number of carbonyl (C=O) groups excluding carboxylic acids is 1. The van der Waals surface area contributed by atoms with Gasteiger partial charge in [-0.05, 0) is 98.5 Å². The highest BCUT2D eigenvalue weighted by Gasteiger charge is 2.19. The molecule has 0 aliphatic carbocycles. The van der Waals surface area contributed by atoms with Gasteiger partial charge in [-0.15, -0.1) is 10.2 Å². The highest BCUT2D eigenvalue weighted by atomic mass is 79.9. The van der Waals surface area contributed by atoms with Crippen LogP contribution in [0.15, 0.2) is 69.8 Å². The first kappa shape index (κ1) is 87.0. The standard InChI is InChI=1S/C21H31N7O3.2C19H27N7O.C3H5BrO.C2H5NO2.2H3N/c1-4-5-8-24-20-16(13(2)26-21(22)27-20)11-15-9-14(6-7-17(15)31-3)10-18(28-23)25-12-19(29)30;2*1-4-5-8-23-18-15(12(2)24-19(21)25-18)11-14-9-13(10-17(20)26-22)6-7-16(14)27-3;1-3(5)2-4;3-1-2(4)5;;/h6-7,9H,4-5,8,10-12,23H2,1-3H3,(H,25,28)(H,29,30)(H3,22,24,26,27);2*6-7,9,20,22H,4-5,8,10-11H2,1-3H3,(H3,21,23,24,25);2H2,1H3;1,3H2,(H,4,5);2*1H3. The second-order valence-corrected chi connectivity index (χ2v) is 21.7. The lowest BCUT2D eigenvalue weighted by Gasteiger charge is -2.16. The predicted octanol–water partition coefficient (Wildman–Crippen LogP) is 9.45. The number of halogens is 1. The van der Waals surface area contributed by atoms with Gasteiger partial charge in [0.2, 0.25) is 17.8 Å². The molecule has 32 nitrogen and oxygen atoms in total. The molecule has 97 heavy (non-hydrogen) atoms. The number of carboxylic acids is 2. The molecule has 6 rings (SSSR count). The SMILES string of the molecule is CC(=O)CBr.CCCCNc1nc(N)nc(C)c1Cc1cc(CC(=N)N=N)ccc1OC.CCCCNc1nc(N)nc(C)c1Cc1cc(CC(=N)N=N)ccc1OC.CCCCNc1nc(N)nc(C)c1Cc1cc(CC(=NCC(=O)O)NN)ccc1OC.N.N.NCC(=O)O. The maximum atomic E-state index is 10.8. The summed E-state index contributed by atoms with van der Waals surface area (Å²) in [5.41, 5.74) is 49.4. The highest BCUT2D eigenvalue weighted by Crippen LogP contribution is 2.31. The Morgan fingerprint density at radius 3 is 1.09 bits per heavy atom. The fraction of sp³-hybridized carbons (Fsp3) is 0.438. The number of methoxy groups -OCH3 is 3. The minimum Gasteiger partial charge on any atom is -0.496 e. The average Bonchev–Trinajstić information content (AvgIpc) is 0.864. The van der Waals surface area contributed by atoms with Crippen LogP contribution in [0.1, 0.15) is 133 Å². The minimum atomic E-state index is -1.02. The highest BCUT2D eigenvalue weighted by molar-refractivity contribution is 9.09. The predicted molar refractivity (Wildman–Crippen MR) is 386 cm³/mol. The van der Waals surface area contributed by atoms with Gasteiger partial charge in [0.25, 0.3) is 0 Å². The Morgan fingerprint density at radius 2 is 0.856 bits per heavy atom. The third-order valence-electron chi connectivity index (χ3n) is 13.6. The number of benzene rings is 3. The van der Waals surface area contributed by atoms with Crippen molar-refractivity contribution in [2.45, 2.75) is 126 Å². The maximum absolute atomic E-state index is 10.8. The number of carbonyl (C=O) groups is 3. The monoisotopic (exact) mass is 1410 g/mol. The zero-order valence-corrected chi connectivity index (χ0v) is 59.1. The largest absolute Gasteiger partial charge is 0.496 e. The summed E-state index contributed by atoms with van der Waals surface area (Å²) in [4.78, 5) is 59.9. The Morgan fingerprint density at radius 1 is 0.557 bits per heavy atom. The van der Waals surface area contributed by atoms with Gasteiger partial charge in [-0.3, -0.25) is 30.2 Å². The van der Waals surface area contributed by atoms with Gasteiger partial charge < -0.3 is 81.0 Å². The first-order chi connectivity index (χ1) is 45.4. The van der Waals surface area contributed by atoms with Crippen molar-refractivity contribution >= 4 is 86.5 Å². The van der Waals surface area contributed by atoms with Crippen LogP contribution in [0.4, 0.5) is 35.3 Å². The number of amidine groups is 3. The van der Waals surface area contributed by atoms with E-state index >= 15 is 0 Å². The molecule has 0 saturated heterocycles. The number of aliphatic carboxylic acids is 2. The topological polar surface area (TPSA) is 577 Å². The van der Waals surface area contributed by atoms with Crippen LogP contribution in [0.2, 0.25) is 0 Å². The molecule has 3 heterocycles. The van der Waals surface area contributed by atoms with Crippen molar-refractivity contribution in [3.05, 3.63) is 122 Å². The third kappa shape index (κ3) is 32.4. The molecule has 0 radical (unpaired) electrons. The lowest BCUT2D eigenvalue weighted by molar-refractivity contribution is -0.136. The Balaban J connectivity index is 0.00000132. The smallest absolute Gasteiger partial charge is 0.325 e. The minimum absolute atomic E-state index is 0. The Hall–Kier alpha value is -9.96. The Bertz CT molecular complexity index is 3370. The number of hydrogen-bond donors (Lipinski definition) is 17. The number of ether oxygens (including phenoxy) is 3. The van der Waals surface area contributed by atoms with Crippen molar-refractivity contribution in [1.29, 1.82) is 21.9 Å². The number of Topliss-reactive ketones (excluding diaryl/α,β-unsaturated/α-hetero) is 1. The molecule has 0 aliphatic heterocycles. The number of aromatic nitrogens is 6. The number of aliphatic imine (C=N–C) groups is 1. The summed E-state index contributed by atoms with van der Waals surface area (Å²) in [6.07, 6.45) is 9.00. The second-order valence-electron chi connectivity index (χ2n) is 21.2. The first-order valence-corrected chi connectivity index (χ1v) is 31.7. The summed E-state index contributed by atoms with van der Waals surface area (Å²) >= 11 is 2.96. The number of nitrogens with zero attached hydrogens (tertiary/aromatic N) is 9. The second kappa shape index (κ2) is 47.8. The number of nitrogens with two attached hydrogens (primary N) is 5. The van der Waals surface area contributed by atoms with Crippen LogP contribution in [0.5, 0.6) is 17.2 Å². The van der Waals surface area contributed by atoms with E-state index in [0.717, 1.165) is 160 Å². The molecule has 0 saturated carbocycles. The van der Waals surface area contributed by atoms with Crippen LogP contribution >= 0.6 is 15.9 Å². The van der Waals surface area contributed by atoms with Crippen molar-refractivity contribution in [2.24, 2.45) is 26.8 Å². The molecular formula is C64H101BrN24O8. The Labute approximate surface area is 576 Å². The van der Waals surface area contributed by atoms with Gasteiger partial charge in [0.05, 0.1) is 33.2 Å². The van der Waals surface area contributed by atoms with E-state index in [9.17, 15) is 14.4 Å². The van der Waals surface area contributed by atoms with Crippen LogP contribution in [0.25, 0.3) is 0 Å². The molecule has 0 atom stereocenters. The van der Waals surface area contributed by atoms with Crippen LogP contribution in [0, 0.1) is 42.7 Å². The van der Waals surface area contributed by atoms with E-state index in [1.807, 2.05) is 75.4 Å². The molecule has 3 aromatic carbocycles. The molecular weight excluding hydrogens is 1310 g/mol. The molecule has 532 valence electrons. The van der Waals surface area contributed by atoms with Gasteiger partial charge in [-0.1, -0.05) is 92.4 Å². The molecule has 3 aromatic heterocycles. The van der Waals surface area contributed by atoms with E-state index in [-0.39, 0.29) is 60.7 Å². The van der Waals surface area contributed by atoms with Gasteiger partial charge in [0.1, 0.15) is 64.5 Å². The molecule has 0 amide bonds. The van der Waals surface area contributed by atoms with E-state index in [1.54, 1.807) is 21.3 Å².